The maximum atomic E-state index is 11.8. The molecule has 0 saturated carbocycles. The van der Waals surface area contributed by atoms with E-state index >= 15 is 0 Å². The van der Waals surface area contributed by atoms with E-state index in [1.165, 1.54) is 5.56 Å². The van der Waals surface area contributed by atoms with Crippen LogP contribution in [0.25, 0.3) is 0 Å². The van der Waals surface area contributed by atoms with Gasteiger partial charge in [0, 0.05) is 9.26 Å². The molecule has 0 fully saturated rings. The first-order valence-electron chi connectivity index (χ1n) is 8.68. The molecular formula is C21H24INO4. The number of hydrogen-bond acceptors (Lipinski definition) is 4. The van der Waals surface area contributed by atoms with Gasteiger partial charge in [0.15, 0.2) is 6.61 Å². The average Bonchev–Trinajstić information content (AvgIpc) is 2.62. The number of rotatable bonds is 7. The fourth-order valence-electron chi connectivity index (χ4n) is 2.25. The van der Waals surface area contributed by atoms with Crippen molar-refractivity contribution < 1.29 is 19.1 Å². The number of anilines is 1. The summed E-state index contributed by atoms with van der Waals surface area (Å²) in [5.41, 5.74) is 1.97. The molecule has 0 atom stereocenters. The van der Waals surface area contributed by atoms with Crippen molar-refractivity contribution in [2.75, 3.05) is 18.5 Å². The van der Waals surface area contributed by atoms with E-state index in [2.05, 4.69) is 48.7 Å². The van der Waals surface area contributed by atoms with Gasteiger partial charge in [-0.2, -0.15) is 0 Å². The number of carbonyl (C=O) groups is 2. The van der Waals surface area contributed by atoms with Crippen LogP contribution >= 0.6 is 22.6 Å². The fraction of sp³-hybridized carbons (Fsp3) is 0.333. The van der Waals surface area contributed by atoms with Crippen molar-refractivity contribution in [3.63, 3.8) is 0 Å². The van der Waals surface area contributed by atoms with E-state index in [1.54, 1.807) is 12.1 Å². The van der Waals surface area contributed by atoms with Gasteiger partial charge < -0.3 is 14.8 Å². The summed E-state index contributed by atoms with van der Waals surface area (Å²) < 4.78 is 11.6. The molecule has 6 heteroatoms. The predicted molar refractivity (Wildman–Crippen MR) is 114 cm³/mol. The minimum Gasteiger partial charge on any atom is -0.493 e. The second kappa shape index (κ2) is 9.73. The number of esters is 1. The minimum absolute atomic E-state index is 0.0812. The van der Waals surface area contributed by atoms with Crippen LogP contribution in [0.5, 0.6) is 5.75 Å². The van der Waals surface area contributed by atoms with Gasteiger partial charge >= 0.3 is 5.97 Å². The molecule has 0 aliphatic heterocycles. The van der Waals surface area contributed by atoms with Crippen molar-refractivity contribution in [3.8, 4) is 5.75 Å². The largest absolute Gasteiger partial charge is 0.493 e. The monoisotopic (exact) mass is 481 g/mol. The highest BCUT2D eigenvalue weighted by Crippen LogP contribution is 2.24. The lowest BCUT2D eigenvalue weighted by Crippen LogP contribution is -2.21. The zero-order valence-corrected chi connectivity index (χ0v) is 17.9. The molecule has 144 valence electrons. The summed E-state index contributed by atoms with van der Waals surface area (Å²) in [4.78, 5) is 23.5. The van der Waals surface area contributed by atoms with Gasteiger partial charge in [0.25, 0.3) is 5.91 Å². The summed E-state index contributed by atoms with van der Waals surface area (Å²) in [5.74, 6) is -0.144. The van der Waals surface area contributed by atoms with Crippen LogP contribution in [0.2, 0.25) is 0 Å². The average molecular weight is 481 g/mol. The number of benzene rings is 2. The number of halogens is 1. The lowest BCUT2D eigenvalue weighted by Gasteiger charge is -2.19. The summed E-state index contributed by atoms with van der Waals surface area (Å²) in [6.45, 7) is 6.33. The molecule has 1 amide bonds. The van der Waals surface area contributed by atoms with Crippen molar-refractivity contribution >= 4 is 40.2 Å². The van der Waals surface area contributed by atoms with E-state index < -0.39 is 5.97 Å². The Bertz CT molecular complexity index is 764. The standard InChI is InChI=1S/C21H24INO4/c1-21(2,3)15-4-10-18(11-5-15)26-13-12-20(25)27-14-19(24)23-17-8-6-16(22)7-9-17/h4-11H,12-14H2,1-3H3,(H,23,24). The Labute approximate surface area is 173 Å². The number of amides is 1. The molecule has 0 unspecified atom stereocenters. The van der Waals surface area contributed by atoms with E-state index in [0.717, 1.165) is 3.57 Å². The number of carbonyl (C=O) groups excluding carboxylic acids is 2. The van der Waals surface area contributed by atoms with E-state index in [-0.39, 0.29) is 31.0 Å². The van der Waals surface area contributed by atoms with E-state index in [1.807, 2.05) is 36.4 Å². The van der Waals surface area contributed by atoms with E-state index in [0.29, 0.717) is 11.4 Å². The quantitative estimate of drug-likeness (QED) is 0.466. The highest BCUT2D eigenvalue weighted by molar-refractivity contribution is 14.1. The zero-order valence-electron chi connectivity index (χ0n) is 15.8. The Balaban J connectivity index is 1.67. The molecule has 1 N–H and O–H groups in total. The highest BCUT2D eigenvalue weighted by Gasteiger charge is 2.13. The number of ether oxygens (including phenoxy) is 2. The van der Waals surface area contributed by atoms with Crippen molar-refractivity contribution in [2.45, 2.75) is 32.6 Å². The van der Waals surface area contributed by atoms with Crippen LogP contribution in [0.15, 0.2) is 48.5 Å². The van der Waals surface area contributed by atoms with Gasteiger partial charge in [-0.3, -0.25) is 9.59 Å². The molecule has 2 rings (SSSR count). The molecule has 0 aromatic heterocycles. The van der Waals surface area contributed by atoms with Gasteiger partial charge in [-0.15, -0.1) is 0 Å². The first kappa shape index (κ1) is 21.2. The summed E-state index contributed by atoms with van der Waals surface area (Å²) in [6, 6.07) is 15.2. The van der Waals surface area contributed by atoms with Crippen molar-refractivity contribution in [2.24, 2.45) is 0 Å². The Morgan fingerprint density at radius 1 is 1.00 bits per heavy atom. The molecule has 0 aliphatic rings. The summed E-state index contributed by atoms with van der Waals surface area (Å²) in [5, 5.41) is 2.67. The van der Waals surface area contributed by atoms with Gasteiger partial charge in [0.1, 0.15) is 5.75 Å². The first-order valence-corrected chi connectivity index (χ1v) is 9.76. The second-order valence-electron chi connectivity index (χ2n) is 7.09. The third kappa shape index (κ3) is 7.58. The summed E-state index contributed by atoms with van der Waals surface area (Å²) in [6.07, 6.45) is 0.0812. The number of hydrogen-bond donors (Lipinski definition) is 1. The molecule has 5 nitrogen and oxygen atoms in total. The molecule has 0 bridgehead atoms. The second-order valence-corrected chi connectivity index (χ2v) is 8.33. The van der Waals surface area contributed by atoms with Gasteiger partial charge in [-0.25, -0.2) is 0 Å². The van der Waals surface area contributed by atoms with Crippen LogP contribution < -0.4 is 10.1 Å². The van der Waals surface area contributed by atoms with Crippen LogP contribution in [-0.2, 0) is 19.7 Å². The minimum atomic E-state index is -0.473. The van der Waals surface area contributed by atoms with Gasteiger partial charge in [0.2, 0.25) is 0 Å². The van der Waals surface area contributed by atoms with E-state index in [9.17, 15) is 9.59 Å². The topological polar surface area (TPSA) is 64.6 Å². The van der Waals surface area contributed by atoms with Crippen LogP contribution in [0.3, 0.4) is 0 Å². The lowest BCUT2D eigenvalue weighted by atomic mass is 9.87. The van der Waals surface area contributed by atoms with Crippen molar-refractivity contribution in [3.05, 3.63) is 57.7 Å². The molecule has 2 aromatic rings. The summed E-state index contributed by atoms with van der Waals surface area (Å²) >= 11 is 2.18. The fourth-order valence-corrected chi connectivity index (χ4v) is 2.61. The van der Waals surface area contributed by atoms with Gasteiger partial charge in [0.05, 0.1) is 13.0 Å². The molecule has 2 aromatic carbocycles. The molecule has 0 spiro atoms. The molecule has 0 saturated heterocycles. The zero-order chi connectivity index (χ0) is 19.9. The third-order valence-corrected chi connectivity index (χ3v) is 4.51. The van der Waals surface area contributed by atoms with Crippen molar-refractivity contribution in [1.82, 2.24) is 0 Å². The Hall–Kier alpha value is -2.09. The first-order chi connectivity index (χ1) is 12.7. The number of nitrogens with one attached hydrogen (secondary N) is 1. The summed E-state index contributed by atoms with van der Waals surface area (Å²) in [7, 11) is 0. The SMILES string of the molecule is CC(C)(C)c1ccc(OCCC(=O)OCC(=O)Nc2ccc(I)cc2)cc1. The smallest absolute Gasteiger partial charge is 0.309 e. The molecule has 0 aliphatic carbocycles. The van der Waals surface area contributed by atoms with Gasteiger partial charge in [-0.05, 0) is 70.0 Å². The lowest BCUT2D eigenvalue weighted by molar-refractivity contribution is -0.147. The van der Waals surface area contributed by atoms with Crippen LogP contribution in [-0.4, -0.2) is 25.1 Å². The molecule has 0 radical (unpaired) electrons. The highest BCUT2D eigenvalue weighted by atomic mass is 127. The maximum absolute atomic E-state index is 11.8. The molecule has 27 heavy (non-hydrogen) atoms. The van der Waals surface area contributed by atoms with Crippen LogP contribution in [0, 0.1) is 3.57 Å². The Kier molecular flexibility index (Phi) is 7.65. The van der Waals surface area contributed by atoms with Crippen LogP contribution in [0.1, 0.15) is 32.8 Å². The predicted octanol–water partition coefficient (Wildman–Crippen LogP) is 4.54. The Morgan fingerprint density at radius 3 is 2.22 bits per heavy atom. The Morgan fingerprint density at radius 2 is 1.63 bits per heavy atom. The molecular weight excluding hydrogens is 457 g/mol. The van der Waals surface area contributed by atoms with Crippen LogP contribution in [0.4, 0.5) is 5.69 Å². The van der Waals surface area contributed by atoms with Gasteiger partial charge in [-0.1, -0.05) is 32.9 Å². The molecule has 0 heterocycles. The maximum Gasteiger partial charge on any atom is 0.309 e. The third-order valence-electron chi connectivity index (χ3n) is 3.79. The normalized spacial score (nSPS) is 11.0. The van der Waals surface area contributed by atoms with Crippen molar-refractivity contribution in [1.29, 1.82) is 0 Å². The van der Waals surface area contributed by atoms with E-state index in [4.69, 9.17) is 9.47 Å².